The van der Waals surface area contributed by atoms with Crippen molar-refractivity contribution in [1.29, 1.82) is 0 Å². The summed E-state index contributed by atoms with van der Waals surface area (Å²) in [4.78, 5) is 17.7. The second-order valence-electron chi connectivity index (χ2n) is 7.47. The van der Waals surface area contributed by atoms with Crippen molar-refractivity contribution in [3.8, 4) is 28.3 Å². The van der Waals surface area contributed by atoms with Gasteiger partial charge in [-0.1, -0.05) is 6.92 Å². The van der Waals surface area contributed by atoms with Gasteiger partial charge in [0.1, 0.15) is 5.75 Å². The lowest BCUT2D eigenvalue weighted by Gasteiger charge is -2.34. The number of aromatic nitrogens is 3. The van der Waals surface area contributed by atoms with Gasteiger partial charge >= 0.3 is 6.09 Å². The van der Waals surface area contributed by atoms with Crippen LogP contribution in [-0.4, -0.2) is 37.5 Å². The molecule has 0 spiro atoms. The number of benzene rings is 1. The van der Waals surface area contributed by atoms with Crippen molar-refractivity contribution >= 4 is 11.8 Å². The van der Waals surface area contributed by atoms with Gasteiger partial charge in [-0.05, 0) is 55.9 Å². The Kier molecular flexibility index (Phi) is 5.16. The van der Waals surface area contributed by atoms with Gasteiger partial charge in [-0.3, -0.25) is 9.88 Å². The summed E-state index contributed by atoms with van der Waals surface area (Å²) in [5.41, 5.74) is 2.27. The third-order valence-electron chi connectivity index (χ3n) is 5.47. The number of phenolic OH excluding ortho intramolecular Hbond substituents is 1. The first-order valence-electron chi connectivity index (χ1n) is 9.60. The number of amides is 1. The molecule has 1 aliphatic rings. The van der Waals surface area contributed by atoms with Crippen LogP contribution in [0, 0.1) is 5.92 Å². The van der Waals surface area contributed by atoms with E-state index in [0.717, 1.165) is 25.7 Å². The van der Waals surface area contributed by atoms with Crippen LogP contribution < -0.4 is 4.90 Å². The van der Waals surface area contributed by atoms with Gasteiger partial charge < -0.3 is 14.6 Å². The molecule has 1 amide bonds. The molecule has 2 heterocycles. The maximum atomic E-state index is 12.0. The molecule has 0 unspecified atom stereocenters. The number of rotatable bonds is 4. The fourth-order valence-electron chi connectivity index (χ4n) is 3.89. The standard InChI is InChI=1S/C21H22N4O4/c1-13-2-4-16(5-3-13)25(21(27)28)17-6-7-19(26)18(9-17)14-8-15(11-22-10-14)20-24-23-12-29-20/h6-13,16,26H,2-5H2,1H3,(H,27,28). The maximum absolute atomic E-state index is 12.0. The Morgan fingerprint density at radius 1 is 1.14 bits per heavy atom. The lowest BCUT2D eigenvalue weighted by atomic mass is 9.86. The predicted molar refractivity (Wildman–Crippen MR) is 107 cm³/mol. The van der Waals surface area contributed by atoms with Crippen molar-refractivity contribution < 1.29 is 19.4 Å². The van der Waals surface area contributed by atoms with Gasteiger partial charge in [0, 0.05) is 35.2 Å². The second kappa shape index (κ2) is 7.90. The number of phenols is 1. The number of pyridine rings is 1. The summed E-state index contributed by atoms with van der Waals surface area (Å²) in [5, 5.41) is 27.8. The van der Waals surface area contributed by atoms with Crippen LogP contribution in [0.3, 0.4) is 0 Å². The van der Waals surface area contributed by atoms with E-state index in [4.69, 9.17) is 4.42 Å². The van der Waals surface area contributed by atoms with Gasteiger partial charge in [0.15, 0.2) is 0 Å². The molecule has 1 aliphatic carbocycles. The van der Waals surface area contributed by atoms with Crippen LogP contribution in [0.1, 0.15) is 32.6 Å². The van der Waals surface area contributed by atoms with Crippen molar-refractivity contribution in [3.63, 3.8) is 0 Å². The quantitative estimate of drug-likeness (QED) is 0.666. The lowest BCUT2D eigenvalue weighted by molar-refractivity contribution is 0.194. The lowest BCUT2D eigenvalue weighted by Crippen LogP contribution is -2.41. The minimum atomic E-state index is -0.987. The Morgan fingerprint density at radius 3 is 2.59 bits per heavy atom. The van der Waals surface area contributed by atoms with Gasteiger partial charge in [0.05, 0.1) is 5.56 Å². The van der Waals surface area contributed by atoms with Crippen molar-refractivity contribution in [3.05, 3.63) is 43.1 Å². The SMILES string of the molecule is CC1CCC(N(C(=O)O)c2ccc(O)c(-c3cncc(-c4nnco4)c3)c2)CC1. The molecule has 0 atom stereocenters. The minimum Gasteiger partial charge on any atom is -0.507 e. The van der Waals surface area contributed by atoms with Crippen molar-refractivity contribution in [2.75, 3.05) is 4.90 Å². The Morgan fingerprint density at radius 2 is 1.90 bits per heavy atom. The topological polar surface area (TPSA) is 113 Å². The van der Waals surface area contributed by atoms with E-state index in [2.05, 4.69) is 22.1 Å². The third kappa shape index (κ3) is 3.91. The van der Waals surface area contributed by atoms with E-state index in [1.54, 1.807) is 30.6 Å². The first-order chi connectivity index (χ1) is 14.0. The Balaban J connectivity index is 1.70. The van der Waals surface area contributed by atoms with Gasteiger partial charge in [0.2, 0.25) is 12.3 Å². The molecule has 1 fully saturated rings. The first-order valence-corrected chi connectivity index (χ1v) is 9.60. The van der Waals surface area contributed by atoms with Gasteiger partial charge in [-0.2, -0.15) is 0 Å². The fraction of sp³-hybridized carbons (Fsp3) is 0.333. The highest BCUT2D eigenvalue weighted by atomic mass is 16.4. The molecule has 1 saturated carbocycles. The molecule has 1 aromatic carbocycles. The van der Waals surface area contributed by atoms with Crippen LogP contribution in [0.5, 0.6) is 5.75 Å². The molecule has 0 radical (unpaired) electrons. The number of carbonyl (C=O) groups is 1. The zero-order valence-electron chi connectivity index (χ0n) is 16.0. The average molecular weight is 394 g/mol. The van der Waals surface area contributed by atoms with Crippen LogP contribution >= 0.6 is 0 Å². The summed E-state index contributed by atoms with van der Waals surface area (Å²) in [5.74, 6) is 0.982. The second-order valence-corrected chi connectivity index (χ2v) is 7.47. The summed E-state index contributed by atoms with van der Waals surface area (Å²) >= 11 is 0. The molecule has 0 aliphatic heterocycles. The van der Waals surface area contributed by atoms with Crippen molar-refractivity contribution in [1.82, 2.24) is 15.2 Å². The van der Waals surface area contributed by atoms with Gasteiger partial charge in [-0.25, -0.2) is 4.79 Å². The normalized spacial score (nSPS) is 19.1. The number of carboxylic acid groups (broad SMARTS) is 1. The molecule has 8 nitrogen and oxygen atoms in total. The largest absolute Gasteiger partial charge is 0.507 e. The number of hydrogen-bond acceptors (Lipinski definition) is 6. The highest BCUT2D eigenvalue weighted by Gasteiger charge is 2.29. The highest BCUT2D eigenvalue weighted by molar-refractivity contribution is 5.89. The van der Waals surface area contributed by atoms with E-state index in [1.165, 1.54) is 17.4 Å². The van der Waals surface area contributed by atoms with Crippen molar-refractivity contribution in [2.24, 2.45) is 5.92 Å². The molecule has 8 heteroatoms. The smallest absolute Gasteiger partial charge is 0.412 e. The van der Waals surface area contributed by atoms with Crippen LogP contribution in [0.25, 0.3) is 22.6 Å². The maximum Gasteiger partial charge on any atom is 0.412 e. The molecular formula is C21H22N4O4. The average Bonchev–Trinajstić information content (AvgIpc) is 3.26. The summed E-state index contributed by atoms with van der Waals surface area (Å²) in [7, 11) is 0. The Bertz CT molecular complexity index is 998. The molecule has 29 heavy (non-hydrogen) atoms. The molecule has 2 aromatic heterocycles. The van der Waals surface area contributed by atoms with E-state index in [1.807, 2.05) is 0 Å². The zero-order chi connectivity index (χ0) is 20.4. The van der Waals surface area contributed by atoms with Gasteiger partial charge in [0.25, 0.3) is 0 Å². The van der Waals surface area contributed by atoms with Crippen LogP contribution in [0.2, 0.25) is 0 Å². The number of hydrogen-bond donors (Lipinski definition) is 2. The van der Waals surface area contributed by atoms with Gasteiger partial charge in [-0.15, -0.1) is 10.2 Å². The van der Waals surface area contributed by atoms with Crippen molar-refractivity contribution in [2.45, 2.75) is 38.6 Å². The van der Waals surface area contributed by atoms with Crippen LogP contribution in [-0.2, 0) is 0 Å². The zero-order valence-corrected chi connectivity index (χ0v) is 16.0. The summed E-state index contributed by atoms with van der Waals surface area (Å²) in [6.45, 7) is 2.20. The van der Waals surface area contributed by atoms with E-state index in [0.29, 0.717) is 34.2 Å². The Hall–Kier alpha value is -3.42. The van der Waals surface area contributed by atoms with E-state index < -0.39 is 6.09 Å². The molecule has 0 bridgehead atoms. The van der Waals surface area contributed by atoms with Crippen LogP contribution in [0.15, 0.2) is 47.5 Å². The summed E-state index contributed by atoms with van der Waals surface area (Å²) in [6.07, 6.45) is 7.12. The molecular weight excluding hydrogens is 372 g/mol. The Labute approximate surface area is 167 Å². The number of anilines is 1. The van der Waals surface area contributed by atoms with E-state index in [9.17, 15) is 15.0 Å². The monoisotopic (exact) mass is 394 g/mol. The summed E-state index contributed by atoms with van der Waals surface area (Å²) in [6, 6.07) is 6.55. The summed E-state index contributed by atoms with van der Waals surface area (Å²) < 4.78 is 5.21. The minimum absolute atomic E-state index is 0.0424. The first kappa shape index (κ1) is 18.9. The van der Waals surface area contributed by atoms with E-state index >= 15 is 0 Å². The highest BCUT2D eigenvalue weighted by Crippen LogP contribution is 2.37. The molecule has 3 aromatic rings. The number of aromatic hydroxyl groups is 1. The predicted octanol–water partition coefficient (Wildman–Crippen LogP) is 4.57. The molecule has 0 saturated heterocycles. The molecule has 150 valence electrons. The third-order valence-corrected chi connectivity index (χ3v) is 5.47. The van der Waals surface area contributed by atoms with Crippen LogP contribution in [0.4, 0.5) is 10.5 Å². The molecule has 4 rings (SSSR count). The fourth-order valence-corrected chi connectivity index (χ4v) is 3.89. The molecule has 2 N–H and O–H groups in total. The van der Waals surface area contributed by atoms with E-state index in [-0.39, 0.29) is 11.8 Å². The number of nitrogens with zero attached hydrogens (tertiary/aromatic N) is 4.